The highest BCUT2D eigenvalue weighted by Gasteiger charge is 2.07. The minimum atomic E-state index is -0.459. The first-order valence-electron chi connectivity index (χ1n) is 3.81. The molecule has 0 aromatic heterocycles. The summed E-state index contributed by atoms with van der Waals surface area (Å²) in [6.45, 7) is 2.13. The Hall–Kier alpha value is -0.220. The zero-order chi connectivity index (χ0) is 8.69. The number of hydrogen-bond donors (Lipinski definition) is 2. The lowest BCUT2D eigenvalue weighted by Crippen LogP contribution is -2.36. The molecule has 0 fully saturated rings. The van der Waals surface area contributed by atoms with Crippen molar-refractivity contribution in [2.75, 3.05) is 11.5 Å². The first-order valence-corrected chi connectivity index (χ1v) is 4.96. The molecule has 1 unspecified atom stereocenters. The van der Waals surface area contributed by atoms with Crippen molar-refractivity contribution in [3.05, 3.63) is 0 Å². The molecule has 0 aliphatic heterocycles. The fraction of sp³-hybridized carbons (Fsp3) is 0.857. The van der Waals surface area contributed by atoms with E-state index in [4.69, 9.17) is 11.5 Å². The zero-order valence-corrected chi connectivity index (χ0v) is 7.69. The summed E-state index contributed by atoms with van der Waals surface area (Å²) in [7, 11) is 0. The standard InChI is InChI=1S/C7H16N2OS/c1-2-4-11-5-3-6(8)7(9)10/h6H,2-5,8H2,1H3,(H2,9,10). The Balaban J connectivity index is 3.17. The fourth-order valence-electron chi connectivity index (χ4n) is 0.599. The number of carbonyl (C=O) groups excluding carboxylic acids is 1. The van der Waals surface area contributed by atoms with E-state index in [9.17, 15) is 4.79 Å². The molecule has 0 aromatic rings. The van der Waals surface area contributed by atoms with E-state index in [0.29, 0.717) is 6.42 Å². The molecule has 0 aliphatic rings. The number of amides is 1. The van der Waals surface area contributed by atoms with Crippen molar-refractivity contribution < 1.29 is 4.79 Å². The van der Waals surface area contributed by atoms with Gasteiger partial charge in [0.25, 0.3) is 0 Å². The maximum absolute atomic E-state index is 10.5. The van der Waals surface area contributed by atoms with Crippen molar-refractivity contribution in [3.63, 3.8) is 0 Å². The van der Waals surface area contributed by atoms with Gasteiger partial charge in [-0.15, -0.1) is 0 Å². The quantitative estimate of drug-likeness (QED) is 0.573. The molecule has 66 valence electrons. The second-order valence-electron chi connectivity index (χ2n) is 2.41. The van der Waals surface area contributed by atoms with Crippen molar-refractivity contribution in [2.45, 2.75) is 25.8 Å². The molecule has 3 nitrogen and oxygen atoms in total. The fourth-order valence-corrected chi connectivity index (χ4v) is 1.51. The number of primary amides is 1. The van der Waals surface area contributed by atoms with Crippen molar-refractivity contribution in [1.29, 1.82) is 0 Å². The molecule has 11 heavy (non-hydrogen) atoms. The van der Waals surface area contributed by atoms with E-state index < -0.39 is 11.9 Å². The molecule has 4 N–H and O–H groups in total. The molecule has 1 atom stereocenters. The minimum absolute atomic E-state index is 0.401. The Morgan fingerprint density at radius 2 is 2.18 bits per heavy atom. The largest absolute Gasteiger partial charge is 0.368 e. The van der Waals surface area contributed by atoms with Gasteiger partial charge in [0, 0.05) is 0 Å². The van der Waals surface area contributed by atoms with Gasteiger partial charge in [-0.1, -0.05) is 6.92 Å². The normalized spacial score (nSPS) is 12.9. The highest BCUT2D eigenvalue weighted by atomic mass is 32.2. The lowest BCUT2D eigenvalue weighted by molar-refractivity contribution is -0.119. The number of carbonyl (C=O) groups is 1. The number of hydrogen-bond acceptors (Lipinski definition) is 3. The summed E-state index contributed by atoms with van der Waals surface area (Å²) < 4.78 is 0. The summed E-state index contributed by atoms with van der Waals surface area (Å²) in [6, 6.07) is -0.459. The molecule has 0 aliphatic carbocycles. The molecule has 1 amide bonds. The van der Waals surface area contributed by atoms with Crippen LogP contribution in [0.2, 0.25) is 0 Å². The maximum Gasteiger partial charge on any atom is 0.234 e. The van der Waals surface area contributed by atoms with Gasteiger partial charge < -0.3 is 11.5 Å². The average Bonchev–Trinajstić information content (AvgIpc) is 1.97. The van der Waals surface area contributed by atoms with Crippen molar-refractivity contribution in [2.24, 2.45) is 11.5 Å². The van der Waals surface area contributed by atoms with E-state index in [2.05, 4.69) is 6.92 Å². The predicted octanol–water partition coefficient (Wildman–Crippen LogP) is 0.332. The molecule has 4 heteroatoms. The van der Waals surface area contributed by atoms with Gasteiger partial charge in [-0.05, 0) is 24.3 Å². The van der Waals surface area contributed by atoms with E-state index >= 15 is 0 Å². The molecule has 0 heterocycles. The zero-order valence-electron chi connectivity index (χ0n) is 6.88. The molecular weight excluding hydrogens is 160 g/mol. The average molecular weight is 176 g/mol. The summed E-state index contributed by atoms with van der Waals surface area (Å²) >= 11 is 1.81. The second-order valence-corrected chi connectivity index (χ2v) is 3.63. The SMILES string of the molecule is CCCSCCC(N)C(N)=O. The summed E-state index contributed by atoms with van der Waals surface area (Å²) in [6.07, 6.45) is 1.86. The van der Waals surface area contributed by atoms with Gasteiger partial charge >= 0.3 is 0 Å². The van der Waals surface area contributed by atoms with Crippen LogP contribution >= 0.6 is 11.8 Å². The second kappa shape index (κ2) is 6.49. The number of nitrogens with two attached hydrogens (primary N) is 2. The highest BCUT2D eigenvalue weighted by molar-refractivity contribution is 7.99. The van der Waals surface area contributed by atoms with E-state index in [1.165, 1.54) is 0 Å². The summed E-state index contributed by atoms with van der Waals surface area (Å²) in [5, 5.41) is 0. The molecule has 0 spiro atoms. The summed E-state index contributed by atoms with van der Waals surface area (Å²) in [4.78, 5) is 10.5. The Bertz CT molecular complexity index is 119. The van der Waals surface area contributed by atoms with E-state index in [1.807, 2.05) is 11.8 Å². The lowest BCUT2D eigenvalue weighted by Gasteiger charge is -2.05. The Kier molecular flexibility index (Phi) is 6.36. The lowest BCUT2D eigenvalue weighted by atomic mass is 10.2. The van der Waals surface area contributed by atoms with E-state index in [0.717, 1.165) is 17.9 Å². The van der Waals surface area contributed by atoms with Crippen LogP contribution in [0.3, 0.4) is 0 Å². The molecular formula is C7H16N2OS. The smallest absolute Gasteiger partial charge is 0.234 e. The molecule has 0 radical (unpaired) electrons. The maximum atomic E-state index is 10.5. The minimum Gasteiger partial charge on any atom is -0.368 e. The van der Waals surface area contributed by atoms with Crippen LogP contribution < -0.4 is 11.5 Å². The molecule has 0 saturated heterocycles. The Labute approximate surface area is 71.9 Å². The third-order valence-corrected chi connectivity index (χ3v) is 2.51. The van der Waals surface area contributed by atoms with Crippen LogP contribution in [0.25, 0.3) is 0 Å². The molecule has 0 bridgehead atoms. The van der Waals surface area contributed by atoms with Crippen LogP contribution in [0.4, 0.5) is 0 Å². The summed E-state index contributed by atoms with van der Waals surface area (Å²) in [5.41, 5.74) is 10.4. The van der Waals surface area contributed by atoms with Gasteiger partial charge in [-0.2, -0.15) is 11.8 Å². The van der Waals surface area contributed by atoms with Crippen LogP contribution in [0, 0.1) is 0 Å². The van der Waals surface area contributed by atoms with Crippen LogP contribution in [0.1, 0.15) is 19.8 Å². The van der Waals surface area contributed by atoms with Gasteiger partial charge in [-0.25, -0.2) is 0 Å². The van der Waals surface area contributed by atoms with Crippen LogP contribution in [-0.2, 0) is 4.79 Å². The van der Waals surface area contributed by atoms with Crippen molar-refractivity contribution in [3.8, 4) is 0 Å². The third-order valence-electron chi connectivity index (χ3n) is 1.29. The molecule has 0 saturated carbocycles. The number of thioether (sulfide) groups is 1. The first kappa shape index (κ1) is 10.8. The number of rotatable bonds is 6. The van der Waals surface area contributed by atoms with E-state index in [1.54, 1.807) is 0 Å². The predicted molar refractivity (Wildman–Crippen MR) is 49.4 cm³/mol. The Morgan fingerprint density at radius 3 is 2.64 bits per heavy atom. The van der Waals surface area contributed by atoms with Gasteiger partial charge in [-0.3, -0.25) is 4.79 Å². The highest BCUT2D eigenvalue weighted by Crippen LogP contribution is 2.04. The first-order chi connectivity index (χ1) is 5.18. The molecule has 0 rings (SSSR count). The third kappa shape index (κ3) is 6.19. The molecule has 0 aromatic carbocycles. The van der Waals surface area contributed by atoms with Crippen molar-refractivity contribution in [1.82, 2.24) is 0 Å². The van der Waals surface area contributed by atoms with Gasteiger partial charge in [0.1, 0.15) is 0 Å². The van der Waals surface area contributed by atoms with E-state index in [-0.39, 0.29) is 0 Å². The van der Waals surface area contributed by atoms with Crippen LogP contribution in [0.5, 0.6) is 0 Å². The van der Waals surface area contributed by atoms with Gasteiger partial charge in [0.2, 0.25) is 5.91 Å². The van der Waals surface area contributed by atoms with Crippen LogP contribution in [-0.4, -0.2) is 23.5 Å². The van der Waals surface area contributed by atoms with Crippen molar-refractivity contribution >= 4 is 17.7 Å². The monoisotopic (exact) mass is 176 g/mol. The van der Waals surface area contributed by atoms with Gasteiger partial charge in [0.05, 0.1) is 6.04 Å². The Morgan fingerprint density at radius 1 is 1.55 bits per heavy atom. The summed E-state index contributed by atoms with van der Waals surface area (Å²) in [5.74, 6) is 1.66. The van der Waals surface area contributed by atoms with Crippen LogP contribution in [0.15, 0.2) is 0 Å². The topological polar surface area (TPSA) is 69.1 Å². The van der Waals surface area contributed by atoms with Gasteiger partial charge in [0.15, 0.2) is 0 Å².